The SMILES string of the molecule is BrCC=Cc1ccccn1. The summed E-state index contributed by atoms with van der Waals surface area (Å²) in [6.07, 6.45) is 5.78. The van der Waals surface area contributed by atoms with Gasteiger partial charge in [0.25, 0.3) is 0 Å². The number of rotatable bonds is 2. The Labute approximate surface area is 68.9 Å². The fourth-order valence-corrected chi connectivity index (χ4v) is 0.827. The van der Waals surface area contributed by atoms with Crippen molar-refractivity contribution in [3.05, 3.63) is 36.2 Å². The van der Waals surface area contributed by atoms with E-state index in [1.165, 1.54) is 0 Å². The summed E-state index contributed by atoms with van der Waals surface area (Å²) >= 11 is 3.29. The van der Waals surface area contributed by atoms with Crippen LogP contribution in [0, 0.1) is 0 Å². The van der Waals surface area contributed by atoms with Crippen LogP contribution in [0.4, 0.5) is 0 Å². The Morgan fingerprint density at radius 1 is 1.50 bits per heavy atom. The topological polar surface area (TPSA) is 12.9 Å². The van der Waals surface area contributed by atoms with Gasteiger partial charge in [-0.2, -0.15) is 0 Å². The molecule has 0 radical (unpaired) electrons. The lowest BCUT2D eigenvalue weighted by Gasteiger charge is -1.87. The van der Waals surface area contributed by atoms with Gasteiger partial charge in [-0.3, -0.25) is 4.98 Å². The molecular formula is C8H8BrN. The fourth-order valence-electron chi connectivity index (χ4n) is 0.640. The minimum absolute atomic E-state index is 0.879. The van der Waals surface area contributed by atoms with Crippen molar-refractivity contribution in [1.29, 1.82) is 0 Å². The van der Waals surface area contributed by atoms with E-state index in [-0.39, 0.29) is 0 Å². The maximum atomic E-state index is 4.11. The molecule has 0 amide bonds. The number of hydrogen-bond acceptors (Lipinski definition) is 1. The molecule has 1 aromatic heterocycles. The zero-order valence-corrected chi connectivity index (χ0v) is 7.08. The van der Waals surface area contributed by atoms with E-state index >= 15 is 0 Å². The second-order valence-electron chi connectivity index (χ2n) is 1.81. The first kappa shape index (κ1) is 7.48. The molecule has 0 saturated carbocycles. The van der Waals surface area contributed by atoms with Crippen LogP contribution in [0.5, 0.6) is 0 Å². The van der Waals surface area contributed by atoms with Crippen molar-refractivity contribution in [2.45, 2.75) is 0 Å². The standard InChI is InChI=1S/C8H8BrN/c9-6-3-5-8-4-1-2-7-10-8/h1-5,7H,6H2. The quantitative estimate of drug-likeness (QED) is 0.665. The molecule has 0 aliphatic rings. The number of nitrogens with zero attached hydrogens (tertiary/aromatic N) is 1. The van der Waals surface area contributed by atoms with E-state index in [1.54, 1.807) is 6.20 Å². The molecule has 2 heteroatoms. The van der Waals surface area contributed by atoms with Crippen LogP contribution in [-0.4, -0.2) is 10.3 Å². The molecule has 1 nitrogen and oxygen atoms in total. The summed E-state index contributed by atoms with van der Waals surface area (Å²) in [7, 11) is 0. The Morgan fingerprint density at radius 3 is 3.00 bits per heavy atom. The minimum Gasteiger partial charge on any atom is -0.257 e. The molecule has 1 rings (SSSR count). The molecule has 0 aromatic carbocycles. The first-order valence-corrected chi connectivity index (χ1v) is 4.19. The predicted molar refractivity (Wildman–Crippen MR) is 47.1 cm³/mol. The van der Waals surface area contributed by atoms with Crippen molar-refractivity contribution in [3.8, 4) is 0 Å². The molecular weight excluding hydrogens is 190 g/mol. The van der Waals surface area contributed by atoms with E-state index in [0.29, 0.717) is 0 Å². The van der Waals surface area contributed by atoms with Gasteiger partial charge < -0.3 is 0 Å². The van der Waals surface area contributed by atoms with Crippen LogP contribution in [0.1, 0.15) is 5.69 Å². The summed E-state index contributed by atoms with van der Waals surface area (Å²) in [6, 6.07) is 5.85. The van der Waals surface area contributed by atoms with Gasteiger partial charge in [-0.05, 0) is 18.2 Å². The van der Waals surface area contributed by atoms with E-state index < -0.39 is 0 Å². The Hall–Kier alpha value is -0.630. The van der Waals surface area contributed by atoms with Crippen LogP contribution >= 0.6 is 15.9 Å². The van der Waals surface area contributed by atoms with Crippen molar-refractivity contribution in [2.75, 3.05) is 5.33 Å². The number of allylic oxidation sites excluding steroid dienone is 1. The molecule has 0 bridgehead atoms. The zero-order chi connectivity index (χ0) is 7.23. The van der Waals surface area contributed by atoms with Crippen molar-refractivity contribution in [2.24, 2.45) is 0 Å². The fraction of sp³-hybridized carbons (Fsp3) is 0.125. The van der Waals surface area contributed by atoms with Gasteiger partial charge >= 0.3 is 0 Å². The Balaban J connectivity index is 2.67. The normalized spacial score (nSPS) is 10.5. The maximum absolute atomic E-state index is 4.11. The molecule has 0 atom stereocenters. The first-order valence-electron chi connectivity index (χ1n) is 3.07. The van der Waals surface area contributed by atoms with Gasteiger partial charge in [0.15, 0.2) is 0 Å². The molecule has 52 valence electrons. The van der Waals surface area contributed by atoms with E-state index in [0.717, 1.165) is 11.0 Å². The van der Waals surface area contributed by atoms with E-state index in [4.69, 9.17) is 0 Å². The summed E-state index contributed by atoms with van der Waals surface area (Å²) in [6.45, 7) is 0. The summed E-state index contributed by atoms with van der Waals surface area (Å²) in [5.41, 5.74) is 1.00. The summed E-state index contributed by atoms with van der Waals surface area (Å²) in [5.74, 6) is 0. The lowest BCUT2D eigenvalue weighted by Crippen LogP contribution is -1.75. The average Bonchev–Trinajstić information content (AvgIpc) is 2.03. The van der Waals surface area contributed by atoms with Crippen molar-refractivity contribution in [1.82, 2.24) is 4.98 Å². The van der Waals surface area contributed by atoms with Crippen LogP contribution in [0.2, 0.25) is 0 Å². The van der Waals surface area contributed by atoms with E-state index in [1.807, 2.05) is 30.4 Å². The van der Waals surface area contributed by atoms with Crippen molar-refractivity contribution in [3.63, 3.8) is 0 Å². The second-order valence-corrected chi connectivity index (χ2v) is 2.46. The molecule has 0 aliphatic heterocycles. The highest BCUT2D eigenvalue weighted by atomic mass is 79.9. The third-order valence-corrected chi connectivity index (χ3v) is 1.44. The molecule has 0 unspecified atom stereocenters. The van der Waals surface area contributed by atoms with Crippen molar-refractivity contribution < 1.29 is 0 Å². The van der Waals surface area contributed by atoms with Gasteiger partial charge in [-0.15, -0.1) is 0 Å². The van der Waals surface area contributed by atoms with Gasteiger partial charge in [-0.25, -0.2) is 0 Å². The highest BCUT2D eigenvalue weighted by molar-refractivity contribution is 9.09. The monoisotopic (exact) mass is 197 g/mol. The number of pyridine rings is 1. The minimum atomic E-state index is 0.879. The van der Waals surface area contributed by atoms with Gasteiger partial charge in [0.1, 0.15) is 0 Å². The number of aromatic nitrogens is 1. The van der Waals surface area contributed by atoms with Crippen LogP contribution < -0.4 is 0 Å². The third-order valence-electron chi connectivity index (χ3n) is 1.07. The molecule has 0 spiro atoms. The summed E-state index contributed by atoms with van der Waals surface area (Å²) in [4.78, 5) is 4.11. The molecule has 1 heterocycles. The number of halogens is 1. The van der Waals surface area contributed by atoms with Gasteiger partial charge in [0, 0.05) is 11.5 Å². The summed E-state index contributed by atoms with van der Waals surface area (Å²) in [5, 5.41) is 0.879. The molecule has 0 N–H and O–H groups in total. The molecule has 0 saturated heterocycles. The van der Waals surface area contributed by atoms with Crippen molar-refractivity contribution >= 4 is 22.0 Å². The van der Waals surface area contributed by atoms with Gasteiger partial charge in [0.05, 0.1) is 5.69 Å². The van der Waals surface area contributed by atoms with Gasteiger partial charge in [0.2, 0.25) is 0 Å². The zero-order valence-electron chi connectivity index (χ0n) is 5.50. The lowest BCUT2D eigenvalue weighted by molar-refractivity contribution is 1.29. The molecule has 0 fully saturated rings. The van der Waals surface area contributed by atoms with E-state index in [2.05, 4.69) is 20.9 Å². The Bertz CT molecular complexity index is 206. The highest BCUT2D eigenvalue weighted by Crippen LogP contribution is 1.96. The second kappa shape index (κ2) is 4.23. The Kier molecular flexibility index (Phi) is 3.16. The first-order chi connectivity index (χ1) is 4.93. The van der Waals surface area contributed by atoms with E-state index in [9.17, 15) is 0 Å². The highest BCUT2D eigenvalue weighted by Gasteiger charge is 1.80. The smallest absolute Gasteiger partial charge is 0.0626 e. The molecule has 10 heavy (non-hydrogen) atoms. The van der Waals surface area contributed by atoms with Crippen LogP contribution in [-0.2, 0) is 0 Å². The average molecular weight is 198 g/mol. The molecule has 0 aliphatic carbocycles. The Morgan fingerprint density at radius 2 is 2.40 bits per heavy atom. The maximum Gasteiger partial charge on any atom is 0.0626 e. The molecule has 1 aromatic rings. The van der Waals surface area contributed by atoms with Gasteiger partial charge in [-0.1, -0.05) is 28.1 Å². The van der Waals surface area contributed by atoms with Crippen LogP contribution in [0.15, 0.2) is 30.5 Å². The van der Waals surface area contributed by atoms with Crippen LogP contribution in [0.25, 0.3) is 6.08 Å². The van der Waals surface area contributed by atoms with Crippen LogP contribution in [0.3, 0.4) is 0 Å². The largest absolute Gasteiger partial charge is 0.257 e. The predicted octanol–water partition coefficient (Wildman–Crippen LogP) is 2.49. The third kappa shape index (κ3) is 2.31. The number of alkyl halides is 1. The number of hydrogen-bond donors (Lipinski definition) is 0. The summed E-state index contributed by atoms with van der Waals surface area (Å²) < 4.78 is 0. The lowest BCUT2D eigenvalue weighted by atomic mass is 10.3.